The summed E-state index contributed by atoms with van der Waals surface area (Å²) in [6.07, 6.45) is 0.590. The van der Waals surface area contributed by atoms with Crippen molar-refractivity contribution < 1.29 is 17.9 Å². The number of anilines is 2. The van der Waals surface area contributed by atoms with Gasteiger partial charge in [-0.25, -0.2) is 23.1 Å². The molecule has 0 aliphatic rings. The summed E-state index contributed by atoms with van der Waals surface area (Å²) >= 11 is 5.54. The third kappa shape index (κ3) is 8.13. The number of amides is 2. The van der Waals surface area contributed by atoms with Crippen LogP contribution >= 0.6 is 22.9 Å². The summed E-state index contributed by atoms with van der Waals surface area (Å²) in [5.74, 6) is -0.427. The summed E-state index contributed by atoms with van der Waals surface area (Å²) in [5, 5.41) is 3.16. The van der Waals surface area contributed by atoms with Crippen molar-refractivity contribution in [3.8, 4) is 11.3 Å². The van der Waals surface area contributed by atoms with E-state index in [4.69, 9.17) is 16.2 Å². The molecule has 0 fully saturated rings. The number of urea groups is 1. The number of carbonyl (C=O) groups excluding carboxylic acids is 1. The lowest BCUT2D eigenvalue weighted by Crippen LogP contribution is -2.36. The lowest BCUT2D eigenvalue weighted by Gasteiger charge is -2.26. The van der Waals surface area contributed by atoms with E-state index in [1.165, 1.54) is 17.0 Å². The number of thiazole rings is 1. The zero-order valence-electron chi connectivity index (χ0n) is 22.8. The molecule has 220 valence electrons. The lowest BCUT2D eigenvalue weighted by molar-refractivity contribution is 0.256. The van der Waals surface area contributed by atoms with Gasteiger partial charge in [-0.05, 0) is 41.3 Å². The van der Waals surface area contributed by atoms with Gasteiger partial charge >= 0.3 is 6.03 Å². The van der Waals surface area contributed by atoms with Gasteiger partial charge in [0, 0.05) is 30.3 Å². The molecule has 1 atom stereocenters. The highest BCUT2D eigenvalue weighted by atomic mass is 35.5. The molecule has 0 saturated heterocycles. The topological polar surface area (TPSA) is 94.6 Å². The molecule has 5 rings (SSSR count). The number of carbonyl (C=O) groups is 1. The van der Waals surface area contributed by atoms with E-state index in [1.54, 1.807) is 36.4 Å². The van der Waals surface area contributed by atoms with Gasteiger partial charge < -0.3 is 0 Å². The van der Waals surface area contributed by atoms with E-state index >= 15 is 0 Å². The first-order valence-corrected chi connectivity index (χ1v) is 15.7. The van der Waals surface area contributed by atoms with Crippen LogP contribution in [0.4, 0.5) is 20.0 Å². The first-order valence-electron chi connectivity index (χ1n) is 13.4. The van der Waals surface area contributed by atoms with Crippen molar-refractivity contribution in [2.24, 2.45) is 0 Å². The Bertz CT molecular complexity index is 1650. The number of hydrogen-bond acceptors (Lipinski definition) is 4. The molecule has 0 aliphatic carbocycles. The Hall–Kier alpha value is -3.93. The maximum absolute atomic E-state index is 14.3. The second-order valence-corrected chi connectivity index (χ2v) is 12.0. The molecule has 0 radical (unpaired) electrons. The van der Waals surface area contributed by atoms with E-state index in [-0.39, 0.29) is 12.5 Å². The highest BCUT2D eigenvalue weighted by Crippen LogP contribution is 2.36. The molecule has 0 saturated carbocycles. The first kappa shape index (κ1) is 30.5. The van der Waals surface area contributed by atoms with E-state index in [2.05, 4.69) is 39.3 Å². The van der Waals surface area contributed by atoms with Crippen LogP contribution in [-0.2, 0) is 17.8 Å². The fraction of sp³-hybridized carbons (Fsp3) is 0.125. The molecule has 1 heterocycles. The average molecular weight is 635 g/mol. The normalized spacial score (nSPS) is 11.8. The highest BCUT2D eigenvalue weighted by Gasteiger charge is 2.22. The van der Waals surface area contributed by atoms with E-state index in [0.717, 1.165) is 33.6 Å². The standard InChI is InChI=1S/C32H28ClFN4O3S2/c33-30-29(25-16-14-22(15-17-25)21-35-43(40)41)36-31(42-30)37-32(39)38(27-13-7-12-26(34)20-27)19-18-28(23-8-3-1-4-9-23)24-10-5-2-6-11-24/h1-17,20,28,35H,18-19,21H2,(H,40,41)(H,36,37,39). The lowest BCUT2D eigenvalue weighted by atomic mass is 9.88. The maximum Gasteiger partial charge on any atom is 0.328 e. The summed E-state index contributed by atoms with van der Waals surface area (Å²) in [7, 11) is 0. The maximum atomic E-state index is 14.3. The minimum atomic E-state index is -2.10. The van der Waals surface area contributed by atoms with Crippen LogP contribution < -0.4 is 14.9 Å². The predicted octanol–water partition coefficient (Wildman–Crippen LogP) is 8.09. The van der Waals surface area contributed by atoms with E-state index in [0.29, 0.717) is 33.8 Å². The van der Waals surface area contributed by atoms with Gasteiger partial charge in [-0.2, -0.15) is 0 Å². The van der Waals surface area contributed by atoms with Crippen LogP contribution in [-0.4, -0.2) is 26.3 Å². The molecule has 1 unspecified atom stereocenters. The Morgan fingerprint density at radius 1 is 0.953 bits per heavy atom. The van der Waals surface area contributed by atoms with Gasteiger partial charge in [-0.15, -0.1) is 0 Å². The Morgan fingerprint density at radius 2 is 1.60 bits per heavy atom. The van der Waals surface area contributed by atoms with Gasteiger partial charge in [0.25, 0.3) is 0 Å². The zero-order chi connectivity index (χ0) is 30.2. The second kappa shape index (κ2) is 14.5. The van der Waals surface area contributed by atoms with Crippen LogP contribution in [0.1, 0.15) is 29.0 Å². The van der Waals surface area contributed by atoms with Gasteiger partial charge in [0.1, 0.15) is 15.8 Å². The molecule has 0 aliphatic heterocycles. The summed E-state index contributed by atoms with van der Waals surface area (Å²) in [6.45, 7) is 0.532. The smallest absolute Gasteiger partial charge is 0.294 e. The summed E-state index contributed by atoms with van der Waals surface area (Å²) in [5.41, 5.74) is 4.70. The van der Waals surface area contributed by atoms with Gasteiger partial charge in [-0.3, -0.25) is 14.8 Å². The number of hydrogen-bond donors (Lipinski definition) is 3. The molecule has 11 heteroatoms. The molecule has 3 N–H and O–H groups in total. The quantitative estimate of drug-likeness (QED) is 0.128. The molecule has 4 aromatic carbocycles. The van der Waals surface area contributed by atoms with Gasteiger partial charge in [0.05, 0.1) is 0 Å². The molecule has 0 spiro atoms. The van der Waals surface area contributed by atoms with E-state index < -0.39 is 23.1 Å². The van der Waals surface area contributed by atoms with Crippen molar-refractivity contribution in [1.82, 2.24) is 9.71 Å². The van der Waals surface area contributed by atoms with Crippen LogP contribution in [0, 0.1) is 5.82 Å². The predicted molar refractivity (Wildman–Crippen MR) is 172 cm³/mol. The monoisotopic (exact) mass is 634 g/mol. The number of nitrogens with one attached hydrogen (secondary N) is 2. The van der Waals surface area contributed by atoms with Crippen molar-refractivity contribution in [2.45, 2.75) is 18.9 Å². The van der Waals surface area contributed by atoms with Gasteiger partial charge in [0.2, 0.25) is 11.3 Å². The molecule has 2 amide bonds. The van der Waals surface area contributed by atoms with Crippen molar-refractivity contribution >= 4 is 51.1 Å². The third-order valence-electron chi connectivity index (χ3n) is 6.84. The Labute approximate surface area is 260 Å². The van der Waals surface area contributed by atoms with Crippen LogP contribution in [0.2, 0.25) is 4.34 Å². The second-order valence-electron chi connectivity index (χ2n) is 9.63. The zero-order valence-corrected chi connectivity index (χ0v) is 25.2. The van der Waals surface area contributed by atoms with Gasteiger partial charge in [-0.1, -0.05) is 114 Å². The van der Waals surface area contributed by atoms with Gasteiger partial charge in [0.15, 0.2) is 5.13 Å². The number of aromatic nitrogens is 1. The Balaban J connectivity index is 1.36. The molecular weight excluding hydrogens is 607 g/mol. The van der Waals surface area contributed by atoms with Crippen LogP contribution in [0.25, 0.3) is 11.3 Å². The third-order valence-corrected chi connectivity index (χ3v) is 8.40. The first-order chi connectivity index (χ1) is 20.9. The van der Waals surface area contributed by atoms with E-state index in [9.17, 15) is 13.4 Å². The van der Waals surface area contributed by atoms with Crippen LogP contribution in [0.15, 0.2) is 109 Å². The molecule has 5 aromatic rings. The SMILES string of the molecule is O=C(Nc1nc(-c2ccc(CNS(=O)O)cc2)c(Cl)s1)N(CCC(c1ccccc1)c1ccccc1)c1cccc(F)c1. The van der Waals surface area contributed by atoms with Crippen molar-refractivity contribution in [2.75, 3.05) is 16.8 Å². The fourth-order valence-corrected chi connectivity index (χ4v) is 6.13. The van der Waals surface area contributed by atoms with Crippen molar-refractivity contribution in [3.63, 3.8) is 0 Å². The summed E-state index contributed by atoms with van der Waals surface area (Å²) in [6, 6.07) is 32.9. The Kier molecular flexibility index (Phi) is 10.3. The van der Waals surface area contributed by atoms with Crippen LogP contribution in [0.5, 0.6) is 0 Å². The largest absolute Gasteiger partial charge is 0.328 e. The highest BCUT2D eigenvalue weighted by molar-refractivity contribution is 7.77. The number of halogens is 2. The molecular formula is C32H28ClFN4O3S2. The molecule has 7 nitrogen and oxygen atoms in total. The van der Waals surface area contributed by atoms with Crippen molar-refractivity contribution in [1.29, 1.82) is 0 Å². The number of rotatable bonds is 11. The summed E-state index contributed by atoms with van der Waals surface area (Å²) < 4.78 is 36.9. The Morgan fingerprint density at radius 3 is 2.21 bits per heavy atom. The molecule has 43 heavy (non-hydrogen) atoms. The minimum absolute atomic E-state index is 0.0164. The minimum Gasteiger partial charge on any atom is -0.294 e. The van der Waals surface area contributed by atoms with Crippen LogP contribution in [0.3, 0.4) is 0 Å². The van der Waals surface area contributed by atoms with Crippen molar-refractivity contribution in [3.05, 3.63) is 136 Å². The molecule has 1 aromatic heterocycles. The number of benzene rings is 4. The molecule has 0 bridgehead atoms. The summed E-state index contributed by atoms with van der Waals surface area (Å²) in [4.78, 5) is 19.8. The fourth-order valence-electron chi connectivity index (χ4n) is 4.76. The number of nitrogens with zero attached hydrogens (tertiary/aromatic N) is 2. The average Bonchev–Trinajstić information content (AvgIpc) is 3.38. The van der Waals surface area contributed by atoms with E-state index in [1.807, 2.05) is 36.4 Å².